The topological polar surface area (TPSA) is 15.7 Å². The van der Waals surface area contributed by atoms with E-state index in [9.17, 15) is 8.78 Å². The third-order valence-electron chi connectivity index (χ3n) is 4.07. The van der Waals surface area contributed by atoms with Crippen LogP contribution in [0.4, 0.5) is 14.5 Å². The van der Waals surface area contributed by atoms with Gasteiger partial charge in [0.15, 0.2) is 11.6 Å². The lowest BCUT2D eigenvalue weighted by Gasteiger charge is -2.36. The Labute approximate surface area is 135 Å². The Kier molecular flexibility index (Phi) is 5.08. The maximum absolute atomic E-state index is 13.5. The van der Waals surface area contributed by atoms with Crippen molar-refractivity contribution in [3.05, 3.63) is 60.2 Å². The van der Waals surface area contributed by atoms with Crippen molar-refractivity contribution in [2.45, 2.75) is 0 Å². The quantitative estimate of drug-likeness (QED) is 0.842. The highest BCUT2D eigenvalue weighted by atomic mass is 19.1. The molecule has 0 atom stereocenters. The first kappa shape index (κ1) is 15.7. The van der Waals surface area contributed by atoms with Gasteiger partial charge in [-0.3, -0.25) is 4.90 Å². The number of hydrogen-bond acceptors (Lipinski definition) is 3. The van der Waals surface area contributed by atoms with Crippen molar-refractivity contribution in [3.8, 4) is 5.75 Å². The molecule has 0 N–H and O–H groups in total. The van der Waals surface area contributed by atoms with Crippen LogP contribution in [0.5, 0.6) is 5.75 Å². The molecule has 2 aromatic rings. The zero-order valence-electron chi connectivity index (χ0n) is 12.9. The van der Waals surface area contributed by atoms with Gasteiger partial charge in [-0.15, -0.1) is 0 Å². The zero-order chi connectivity index (χ0) is 16.1. The van der Waals surface area contributed by atoms with Gasteiger partial charge in [0.05, 0.1) is 0 Å². The summed E-state index contributed by atoms with van der Waals surface area (Å²) in [5, 5.41) is 0. The van der Waals surface area contributed by atoms with Gasteiger partial charge in [0.25, 0.3) is 0 Å². The number of halogens is 2. The Morgan fingerprint density at radius 2 is 1.57 bits per heavy atom. The minimum absolute atomic E-state index is 0.210. The van der Waals surface area contributed by atoms with Crippen LogP contribution >= 0.6 is 0 Å². The molecule has 1 aliphatic heterocycles. The van der Waals surface area contributed by atoms with Crippen LogP contribution in [-0.2, 0) is 0 Å². The number of anilines is 1. The SMILES string of the molecule is Fc1ccc(N2CCN(CCOc3ccccc3F)CC2)cc1. The molecule has 0 saturated carbocycles. The molecule has 1 heterocycles. The maximum Gasteiger partial charge on any atom is 0.165 e. The summed E-state index contributed by atoms with van der Waals surface area (Å²) in [4.78, 5) is 4.54. The van der Waals surface area contributed by atoms with Crippen molar-refractivity contribution in [2.24, 2.45) is 0 Å². The van der Waals surface area contributed by atoms with E-state index in [1.165, 1.54) is 18.2 Å². The van der Waals surface area contributed by atoms with E-state index < -0.39 is 0 Å². The fourth-order valence-electron chi connectivity index (χ4n) is 2.73. The molecule has 23 heavy (non-hydrogen) atoms. The molecule has 0 spiro atoms. The second-order valence-electron chi connectivity index (χ2n) is 5.58. The molecule has 1 saturated heterocycles. The van der Waals surface area contributed by atoms with E-state index in [0.29, 0.717) is 12.4 Å². The molecule has 3 nitrogen and oxygen atoms in total. The lowest BCUT2D eigenvalue weighted by molar-refractivity contribution is 0.197. The van der Waals surface area contributed by atoms with Crippen LogP contribution in [0.25, 0.3) is 0 Å². The standard InChI is InChI=1S/C18H20F2N2O/c19-15-5-7-16(8-6-15)22-11-9-21(10-12-22)13-14-23-18-4-2-1-3-17(18)20/h1-8H,9-14H2. The molecule has 3 rings (SSSR count). The predicted molar refractivity (Wildman–Crippen MR) is 86.9 cm³/mol. The van der Waals surface area contributed by atoms with Crippen molar-refractivity contribution in [3.63, 3.8) is 0 Å². The highest BCUT2D eigenvalue weighted by Gasteiger charge is 2.17. The zero-order valence-corrected chi connectivity index (χ0v) is 12.9. The Hall–Kier alpha value is -2.14. The minimum Gasteiger partial charge on any atom is -0.489 e. The molecule has 0 aromatic heterocycles. The molecule has 5 heteroatoms. The molecule has 1 fully saturated rings. The van der Waals surface area contributed by atoms with Crippen molar-refractivity contribution in [2.75, 3.05) is 44.2 Å². The van der Waals surface area contributed by atoms with Crippen LogP contribution in [-0.4, -0.2) is 44.2 Å². The van der Waals surface area contributed by atoms with Crippen LogP contribution in [0.15, 0.2) is 48.5 Å². The summed E-state index contributed by atoms with van der Waals surface area (Å²) in [7, 11) is 0. The number of para-hydroxylation sites is 1. The summed E-state index contributed by atoms with van der Waals surface area (Å²) in [6.07, 6.45) is 0. The van der Waals surface area contributed by atoms with Gasteiger partial charge in [-0.2, -0.15) is 0 Å². The van der Waals surface area contributed by atoms with Gasteiger partial charge in [0.1, 0.15) is 12.4 Å². The summed E-state index contributed by atoms with van der Waals surface area (Å²) < 4.78 is 31.9. The largest absolute Gasteiger partial charge is 0.489 e. The van der Waals surface area contributed by atoms with E-state index in [-0.39, 0.29) is 11.6 Å². The molecule has 0 bridgehead atoms. The fourth-order valence-corrected chi connectivity index (χ4v) is 2.73. The Bertz CT molecular complexity index is 625. The predicted octanol–water partition coefficient (Wildman–Crippen LogP) is 3.17. The summed E-state index contributed by atoms with van der Waals surface area (Å²) >= 11 is 0. The van der Waals surface area contributed by atoms with Crippen molar-refractivity contribution in [1.29, 1.82) is 0 Å². The molecular formula is C18H20F2N2O. The molecular weight excluding hydrogens is 298 g/mol. The molecule has 122 valence electrons. The smallest absolute Gasteiger partial charge is 0.165 e. The van der Waals surface area contributed by atoms with Gasteiger partial charge in [0.2, 0.25) is 0 Å². The third kappa shape index (κ3) is 4.20. The summed E-state index contributed by atoms with van der Waals surface area (Å²) in [5.74, 6) is -0.233. The monoisotopic (exact) mass is 318 g/mol. The average molecular weight is 318 g/mol. The number of ether oxygens (including phenoxy) is 1. The fraction of sp³-hybridized carbons (Fsp3) is 0.333. The molecule has 0 unspecified atom stereocenters. The minimum atomic E-state index is -0.325. The van der Waals surface area contributed by atoms with Crippen LogP contribution in [0.3, 0.4) is 0 Å². The molecule has 0 amide bonds. The molecule has 0 aliphatic carbocycles. The van der Waals surface area contributed by atoms with Crippen molar-refractivity contribution >= 4 is 5.69 Å². The van der Waals surface area contributed by atoms with E-state index in [1.807, 2.05) is 12.1 Å². The maximum atomic E-state index is 13.5. The Morgan fingerprint density at radius 3 is 2.26 bits per heavy atom. The molecule has 2 aromatic carbocycles. The van der Waals surface area contributed by atoms with Crippen LogP contribution < -0.4 is 9.64 Å². The Balaban J connectivity index is 1.43. The second-order valence-corrected chi connectivity index (χ2v) is 5.58. The third-order valence-corrected chi connectivity index (χ3v) is 4.07. The highest BCUT2D eigenvalue weighted by Crippen LogP contribution is 2.17. The van der Waals surface area contributed by atoms with Gasteiger partial charge in [0, 0.05) is 38.4 Å². The lowest BCUT2D eigenvalue weighted by Crippen LogP contribution is -2.47. The number of rotatable bonds is 5. The number of benzene rings is 2. The molecule has 0 radical (unpaired) electrons. The van der Waals surface area contributed by atoms with E-state index in [1.54, 1.807) is 18.2 Å². The van der Waals surface area contributed by atoms with Crippen LogP contribution in [0.1, 0.15) is 0 Å². The summed E-state index contributed by atoms with van der Waals surface area (Å²) in [6.45, 7) is 4.86. The van der Waals surface area contributed by atoms with Crippen molar-refractivity contribution < 1.29 is 13.5 Å². The van der Waals surface area contributed by atoms with Gasteiger partial charge < -0.3 is 9.64 Å². The number of piperazine rings is 1. The first-order valence-electron chi connectivity index (χ1n) is 7.82. The van der Waals surface area contributed by atoms with Gasteiger partial charge >= 0.3 is 0 Å². The normalized spacial score (nSPS) is 15.7. The number of hydrogen-bond donors (Lipinski definition) is 0. The number of nitrogens with zero attached hydrogens (tertiary/aromatic N) is 2. The van der Waals surface area contributed by atoms with Gasteiger partial charge in [-0.05, 0) is 36.4 Å². The van der Waals surface area contributed by atoms with E-state index in [0.717, 1.165) is 38.4 Å². The van der Waals surface area contributed by atoms with E-state index in [2.05, 4.69) is 9.80 Å². The first-order chi connectivity index (χ1) is 11.2. The summed E-state index contributed by atoms with van der Waals surface area (Å²) in [5.41, 5.74) is 1.05. The average Bonchev–Trinajstić information content (AvgIpc) is 2.58. The van der Waals surface area contributed by atoms with Crippen LogP contribution in [0, 0.1) is 11.6 Å². The van der Waals surface area contributed by atoms with Gasteiger partial charge in [-0.25, -0.2) is 8.78 Å². The van der Waals surface area contributed by atoms with Crippen LogP contribution in [0.2, 0.25) is 0 Å². The van der Waals surface area contributed by atoms with Gasteiger partial charge in [-0.1, -0.05) is 12.1 Å². The Morgan fingerprint density at radius 1 is 0.870 bits per heavy atom. The highest BCUT2D eigenvalue weighted by molar-refractivity contribution is 5.46. The molecule has 1 aliphatic rings. The second kappa shape index (κ2) is 7.42. The van der Waals surface area contributed by atoms with E-state index >= 15 is 0 Å². The first-order valence-corrected chi connectivity index (χ1v) is 7.82. The lowest BCUT2D eigenvalue weighted by atomic mass is 10.2. The summed E-state index contributed by atoms with van der Waals surface area (Å²) in [6, 6.07) is 13.1. The van der Waals surface area contributed by atoms with E-state index in [4.69, 9.17) is 4.74 Å². The van der Waals surface area contributed by atoms with Crippen molar-refractivity contribution in [1.82, 2.24) is 4.90 Å².